The summed E-state index contributed by atoms with van der Waals surface area (Å²) in [7, 11) is 2.32. The Hall–Kier alpha value is -2.11. The molecule has 112 valence electrons. The van der Waals surface area contributed by atoms with E-state index in [-0.39, 0.29) is 5.41 Å². The molecule has 0 radical (unpaired) electrons. The van der Waals surface area contributed by atoms with Gasteiger partial charge in [0.1, 0.15) is 6.54 Å². The smallest absolute Gasteiger partial charge is 0.104 e. The fourth-order valence-electron chi connectivity index (χ4n) is 3.56. The zero-order valence-electron chi connectivity index (χ0n) is 13.2. The average molecular weight is 291 g/mol. The van der Waals surface area contributed by atoms with Crippen molar-refractivity contribution in [1.29, 1.82) is 5.26 Å². The number of quaternary nitrogens is 1. The number of nitrogens with zero attached hydrogens (tertiary/aromatic N) is 2. The lowest BCUT2D eigenvalue weighted by molar-refractivity contribution is -0.928. The first kappa shape index (κ1) is 14.8. The fraction of sp³-hybridized carbons (Fsp3) is 0.350. The van der Waals surface area contributed by atoms with Gasteiger partial charge in [0.15, 0.2) is 0 Å². The molecule has 2 aromatic rings. The van der Waals surface area contributed by atoms with E-state index in [4.69, 9.17) is 0 Å². The Morgan fingerprint density at radius 2 is 1.50 bits per heavy atom. The molecule has 0 bridgehead atoms. The third-order valence-corrected chi connectivity index (χ3v) is 5.10. The lowest BCUT2D eigenvalue weighted by Crippen LogP contribution is -2.52. The van der Waals surface area contributed by atoms with E-state index >= 15 is 0 Å². The Morgan fingerprint density at radius 3 is 2.05 bits per heavy atom. The molecular formula is C20H23N2+. The molecule has 1 aliphatic rings. The van der Waals surface area contributed by atoms with Crippen LogP contribution in [0.5, 0.6) is 0 Å². The van der Waals surface area contributed by atoms with Crippen LogP contribution in [0.1, 0.15) is 24.0 Å². The maximum absolute atomic E-state index is 9.80. The number of rotatable bonds is 3. The van der Waals surface area contributed by atoms with Crippen LogP contribution in [0.2, 0.25) is 0 Å². The van der Waals surface area contributed by atoms with Crippen molar-refractivity contribution in [2.24, 2.45) is 0 Å². The van der Waals surface area contributed by atoms with Gasteiger partial charge in [0.05, 0.1) is 31.6 Å². The van der Waals surface area contributed by atoms with Crippen LogP contribution in [0.25, 0.3) is 0 Å². The molecule has 22 heavy (non-hydrogen) atoms. The van der Waals surface area contributed by atoms with Gasteiger partial charge < -0.3 is 4.48 Å². The van der Waals surface area contributed by atoms with Gasteiger partial charge in [-0.05, 0) is 5.56 Å². The maximum atomic E-state index is 9.80. The van der Waals surface area contributed by atoms with Crippen molar-refractivity contribution < 1.29 is 4.48 Å². The first-order chi connectivity index (χ1) is 10.7. The summed E-state index contributed by atoms with van der Waals surface area (Å²) in [5.74, 6) is 0. The quantitative estimate of drug-likeness (QED) is 0.787. The Morgan fingerprint density at radius 1 is 0.955 bits per heavy atom. The number of piperidine rings is 1. The van der Waals surface area contributed by atoms with Crippen LogP contribution < -0.4 is 0 Å². The normalized spacial score (nSPS) is 28.0. The van der Waals surface area contributed by atoms with Gasteiger partial charge in [-0.2, -0.15) is 5.26 Å². The van der Waals surface area contributed by atoms with Gasteiger partial charge in [-0.15, -0.1) is 0 Å². The largest absolute Gasteiger partial charge is 0.322 e. The number of likely N-dealkylation sites (tertiary alicyclic amines) is 1. The highest BCUT2D eigenvalue weighted by atomic mass is 15.3. The van der Waals surface area contributed by atoms with E-state index in [1.54, 1.807) is 0 Å². The van der Waals surface area contributed by atoms with Crippen LogP contribution in [-0.2, 0) is 12.0 Å². The molecule has 0 N–H and O–H groups in total. The van der Waals surface area contributed by atoms with Crippen LogP contribution in [0.15, 0.2) is 60.7 Å². The zero-order chi connectivity index (χ0) is 15.5. The molecule has 0 atom stereocenters. The molecule has 3 rings (SSSR count). The minimum Gasteiger partial charge on any atom is -0.322 e. The van der Waals surface area contributed by atoms with Crippen molar-refractivity contribution in [2.75, 3.05) is 20.1 Å². The van der Waals surface area contributed by atoms with Crippen LogP contribution >= 0.6 is 0 Å². The molecule has 0 amide bonds. The average Bonchev–Trinajstić information content (AvgIpc) is 2.58. The first-order valence-electron chi connectivity index (χ1n) is 8.00. The fourth-order valence-corrected chi connectivity index (χ4v) is 3.56. The summed E-state index contributed by atoms with van der Waals surface area (Å²) >= 11 is 0. The highest BCUT2D eigenvalue weighted by molar-refractivity contribution is 5.32. The molecule has 1 heterocycles. The van der Waals surface area contributed by atoms with Crippen molar-refractivity contribution in [3.8, 4) is 6.07 Å². The van der Waals surface area contributed by atoms with Gasteiger partial charge in [-0.1, -0.05) is 60.7 Å². The molecule has 0 aliphatic carbocycles. The second-order valence-corrected chi connectivity index (χ2v) is 6.77. The molecule has 2 heteroatoms. The molecule has 2 nitrogen and oxygen atoms in total. The Balaban J connectivity index is 1.75. The lowest BCUT2D eigenvalue weighted by Gasteiger charge is -2.44. The first-order valence-corrected chi connectivity index (χ1v) is 8.00. The van der Waals surface area contributed by atoms with Crippen molar-refractivity contribution in [3.05, 3.63) is 71.8 Å². The summed E-state index contributed by atoms with van der Waals surface area (Å²) in [5, 5.41) is 9.80. The van der Waals surface area contributed by atoms with Gasteiger partial charge in [-0.25, -0.2) is 0 Å². The van der Waals surface area contributed by atoms with Crippen LogP contribution in [0, 0.1) is 11.3 Å². The summed E-state index contributed by atoms with van der Waals surface area (Å²) in [6.07, 6.45) is 1.88. The number of hydrogen-bond acceptors (Lipinski definition) is 1. The molecule has 0 aromatic heterocycles. The minimum absolute atomic E-state index is 0.296. The molecule has 0 spiro atoms. The molecule has 1 fully saturated rings. The second-order valence-electron chi connectivity index (χ2n) is 6.77. The third-order valence-electron chi connectivity index (χ3n) is 5.10. The van der Waals surface area contributed by atoms with E-state index in [2.05, 4.69) is 55.6 Å². The van der Waals surface area contributed by atoms with E-state index in [0.29, 0.717) is 0 Å². The number of hydrogen-bond donors (Lipinski definition) is 0. The summed E-state index contributed by atoms with van der Waals surface area (Å²) < 4.78 is 1.03. The Labute approximate surface area is 133 Å². The van der Waals surface area contributed by atoms with E-state index in [9.17, 15) is 5.26 Å². The summed E-state index contributed by atoms with van der Waals surface area (Å²) in [6, 6.07) is 23.6. The van der Waals surface area contributed by atoms with Crippen molar-refractivity contribution in [1.82, 2.24) is 0 Å². The maximum Gasteiger partial charge on any atom is 0.104 e. The van der Waals surface area contributed by atoms with E-state index in [1.807, 2.05) is 18.2 Å². The van der Waals surface area contributed by atoms with Gasteiger partial charge in [0.25, 0.3) is 0 Å². The van der Waals surface area contributed by atoms with Crippen molar-refractivity contribution in [2.45, 2.75) is 24.8 Å². The van der Waals surface area contributed by atoms with Crippen LogP contribution in [0.3, 0.4) is 0 Å². The predicted octanol–water partition coefficient (Wildman–Crippen LogP) is 3.89. The number of benzene rings is 2. The molecule has 1 saturated heterocycles. The molecule has 1 aliphatic heterocycles. The second kappa shape index (κ2) is 5.94. The summed E-state index contributed by atoms with van der Waals surface area (Å²) in [5.41, 5.74) is 2.27. The highest BCUT2D eigenvalue weighted by Crippen LogP contribution is 2.37. The van der Waals surface area contributed by atoms with Gasteiger partial charge in [0, 0.05) is 18.4 Å². The predicted molar refractivity (Wildman–Crippen MR) is 89.0 cm³/mol. The van der Waals surface area contributed by atoms with Crippen LogP contribution in [-0.4, -0.2) is 24.6 Å². The number of nitriles is 1. The SMILES string of the molecule is C[N+]1(Cc2ccccc2)CCC(C#N)(c2ccccc2)CC1. The summed E-state index contributed by atoms with van der Waals surface area (Å²) in [4.78, 5) is 0. The molecule has 0 unspecified atom stereocenters. The van der Waals surface area contributed by atoms with Crippen LogP contribution in [0.4, 0.5) is 0 Å². The van der Waals surface area contributed by atoms with Crippen molar-refractivity contribution in [3.63, 3.8) is 0 Å². The van der Waals surface area contributed by atoms with Gasteiger partial charge >= 0.3 is 0 Å². The van der Waals surface area contributed by atoms with E-state index in [1.165, 1.54) is 11.1 Å². The molecule has 2 aromatic carbocycles. The molecular weight excluding hydrogens is 268 g/mol. The monoisotopic (exact) mass is 291 g/mol. The van der Waals surface area contributed by atoms with E-state index in [0.717, 1.165) is 37.0 Å². The minimum atomic E-state index is -0.296. The Kier molecular flexibility index (Phi) is 4.00. The van der Waals surface area contributed by atoms with Gasteiger partial charge in [-0.3, -0.25) is 0 Å². The Bertz CT molecular complexity index is 647. The molecule has 0 saturated carbocycles. The highest BCUT2D eigenvalue weighted by Gasteiger charge is 2.42. The zero-order valence-corrected chi connectivity index (χ0v) is 13.2. The van der Waals surface area contributed by atoms with E-state index < -0.39 is 0 Å². The summed E-state index contributed by atoms with van der Waals surface area (Å²) in [6.45, 7) is 3.16. The third kappa shape index (κ3) is 2.91. The van der Waals surface area contributed by atoms with Crippen molar-refractivity contribution >= 4 is 0 Å². The lowest BCUT2D eigenvalue weighted by atomic mass is 9.73. The standard InChI is InChI=1S/C20H23N2/c1-22(16-18-8-4-2-5-9-18)14-12-20(17-21,13-15-22)19-10-6-3-7-11-19/h2-11H,12-16H2,1H3/q+1. The van der Waals surface area contributed by atoms with Gasteiger partial charge in [0.2, 0.25) is 0 Å². The topological polar surface area (TPSA) is 23.8 Å².